The molecule has 0 amide bonds. The number of guanidine groups is 1. The predicted octanol–water partition coefficient (Wildman–Crippen LogP) is 4.17. The van der Waals surface area contributed by atoms with Gasteiger partial charge in [-0.15, -0.1) is 0 Å². The lowest BCUT2D eigenvalue weighted by molar-refractivity contribution is -0.192. The molecule has 0 saturated carbocycles. The van der Waals surface area contributed by atoms with Crippen LogP contribution in [0.25, 0.3) is 0 Å². The molecule has 2 aromatic carbocycles. The number of rotatable bonds is 8. The molecule has 1 heterocycles. The number of hydrogen-bond donors (Lipinski definition) is 3. The number of nitrogens with one attached hydrogen (secondary N) is 1. The standard InChI is InChI=1S/C23H29FN4O3.C2HF3O2/c1-2-31-17-5-12-25-23(26-19-10-8-18(9-11-19)22(29)30)28-15-13-27(14-16-28)21-7-4-3-6-20(21)24;3-2(4,5)1(6)7/h3-4,6-11H,2,5,12-17H2,1H3,(H,25,26)(H,29,30);(H,6,7). The Kier molecular flexibility index (Phi) is 11.8. The van der Waals surface area contributed by atoms with Gasteiger partial charge in [-0.1, -0.05) is 12.1 Å². The maximum absolute atomic E-state index is 14.1. The van der Waals surface area contributed by atoms with E-state index in [0.29, 0.717) is 51.6 Å². The minimum absolute atomic E-state index is 0.211. The molecule has 0 radical (unpaired) electrons. The van der Waals surface area contributed by atoms with Crippen molar-refractivity contribution in [2.24, 2.45) is 4.99 Å². The number of aliphatic imine (C=N–C) groups is 1. The normalized spacial score (nSPS) is 14.0. The monoisotopic (exact) mass is 542 g/mol. The van der Waals surface area contributed by atoms with E-state index in [1.807, 2.05) is 17.9 Å². The summed E-state index contributed by atoms with van der Waals surface area (Å²) in [7, 11) is 0. The second-order valence-electron chi connectivity index (χ2n) is 7.99. The van der Waals surface area contributed by atoms with Gasteiger partial charge < -0.3 is 30.1 Å². The zero-order chi connectivity index (χ0) is 28.1. The van der Waals surface area contributed by atoms with E-state index in [9.17, 15) is 22.4 Å². The number of alkyl halides is 3. The summed E-state index contributed by atoms with van der Waals surface area (Å²) in [6, 6.07) is 13.4. The summed E-state index contributed by atoms with van der Waals surface area (Å²) in [5.41, 5.74) is 1.62. The lowest BCUT2D eigenvalue weighted by Gasteiger charge is -2.37. The topological polar surface area (TPSA) is 115 Å². The van der Waals surface area contributed by atoms with Crippen molar-refractivity contribution in [3.05, 3.63) is 59.9 Å². The first-order valence-corrected chi connectivity index (χ1v) is 11.8. The fourth-order valence-electron chi connectivity index (χ4n) is 3.41. The SMILES string of the molecule is CCOCCCN=C(Nc1ccc(C(=O)O)cc1)N1CCN(c2ccccc2F)CC1.O=C(O)C(F)(F)F. The molecule has 0 spiro atoms. The van der Waals surface area contributed by atoms with Crippen LogP contribution in [0.3, 0.4) is 0 Å². The van der Waals surface area contributed by atoms with E-state index in [0.717, 1.165) is 18.1 Å². The first kappa shape index (κ1) is 30.4. The number of aromatic carboxylic acids is 1. The van der Waals surface area contributed by atoms with E-state index in [-0.39, 0.29) is 11.4 Å². The second kappa shape index (κ2) is 14.8. The van der Waals surface area contributed by atoms with Gasteiger partial charge in [0, 0.05) is 51.6 Å². The van der Waals surface area contributed by atoms with Crippen LogP contribution in [0.4, 0.5) is 28.9 Å². The largest absolute Gasteiger partial charge is 0.490 e. The molecule has 0 bridgehead atoms. The van der Waals surface area contributed by atoms with E-state index in [1.165, 1.54) is 6.07 Å². The summed E-state index contributed by atoms with van der Waals surface area (Å²) in [5.74, 6) is -3.20. The molecule has 0 aliphatic carbocycles. The first-order chi connectivity index (χ1) is 18.0. The fourth-order valence-corrected chi connectivity index (χ4v) is 3.41. The van der Waals surface area contributed by atoms with Gasteiger partial charge >= 0.3 is 18.1 Å². The van der Waals surface area contributed by atoms with Gasteiger partial charge in [0.05, 0.1) is 11.3 Å². The highest BCUT2D eigenvalue weighted by Crippen LogP contribution is 2.21. The molecule has 1 fully saturated rings. The average Bonchev–Trinajstić information content (AvgIpc) is 2.88. The number of anilines is 2. The van der Waals surface area contributed by atoms with Gasteiger partial charge in [-0.25, -0.2) is 14.0 Å². The predicted molar refractivity (Wildman–Crippen MR) is 134 cm³/mol. The van der Waals surface area contributed by atoms with Crippen molar-refractivity contribution in [2.45, 2.75) is 19.5 Å². The smallest absolute Gasteiger partial charge is 0.478 e. The number of carboxylic acids is 2. The molecular weight excluding hydrogens is 512 g/mol. The summed E-state index contributed by atoms with van der Waals surface area (Å²) in [5, 5.41) is 19.5. The number of hydrogen-bond acceptors (Lipinski definition) is 5. The number of carbonyl (C=O) groups is 2. The zero-order valence-corrected chi connectivity index (χ0v) is 20.7. The van der Waals surface area contributed by atoms with E-state index < -0.39 is 18.1 Å². The number of halogens is 4. The third-order valence-electron chi connectivity index (χ3n) is 5.32. The van der Waals surface area contributed by atoms with Crippen LogP contribution >= 0.6 is 0 Å². The van der Waals surface area contributed by atoms with Crippen LogP contribution < -0.4 is 10.2 Å². The average molecular weight is 543 g/mol. The van der Waals surface area contributed by atoms with Crippen LogP contribution in [0.15, 0.2) is 53.5 Å². The van der Waals surface area contributed by atoms with E-state index >= 15 is 0 Å². The van der Waals surface area contributed by atoms with Crippen LogP contribution in [-0.2, 0) is 9.53 Å². The van der Waals surface area contributed by atoms with Crippen LogP contribution in [0.1, 0.15) is 23.7 Å². The first-order valence-electron chi connectivity index (χ1n) is 11.8. The quantitative estimate of drug-likeness (QED) is 0.197. The molecule has 3 rings (SSSR count). The Balaban J connectivity index is 0.000000638. The summed E-state index contributed by atoms with van der Waals surface area (Å²) in [4.78, 5) is 28.9. The Morgan fingerprint density at radius 3 is 2.16 bits per heavy atom. The van der Waals surface area contributed by atoms with E-state index in [1.54, 1.807) is 36.4 Å². The summed E-state index contributed by atoms with van der Waals surface area (Å²) >= 11 is 0. The molecule has 1 aliphatic rings. The number of para-hydroxylation sites is 1. The lowest BCUT2D eigenvalue weighted by atomic mass is 10.2. The van der Waals surface area contributed by atoms with E-state index in [4.69, 9.17) is 24.7 Å². The maximum atomic E-state index is 14.1. The molecule has 9 nitrogen and oxygen atoms in total. The zero-order valence-electron chi connectivity index (χ0n) is 20.7. The Bertz CT molecular complexity index is 1070. The summed E-state index contributed by atoms with van der Waals surface area (Å²) < 4.78 is 51.3. The molecule has 13 heteroatoms. The summed E-state index contributed by atoms with van der Waals surface area (Å²) in [6.07, 6.45) is -4.27. The second-order valence-corrected chi connectivity index (χ2v) is 7.99. The van der Waals surface area contributed by atoms with Gasteiger partial charge in [-0.2, -0.15) is 13.2 Å². The molecule has 3 N–H and O–H groups in total. The van der Waals surface area contributed by atoms with Gasteiger partial charge in [-0.3, -0.25) is 4.99 Å². The van der Waals surface area contributed by atoms with Crippen molar-refractivity contribution in [1.82, 2.24) is 4.90 Å². The highest BCUT2D eigenvalue weighted by atomic mass is 19.4. The van der Waals surface area contributed by atoms with Crippen LogP contribution in [0.2, 0.25) is 0 Å². The third kappa shape index (κ3) is 9.88. The Labute approximate surface area is 217 Å². The molecule has 2 aromatic rings. The number of aliphatic carboxylic acids is 1. The molecule has 1 saturated heterocycles. The molecule has 208 valence electrons. The Hall–Kier alpha value is -3.87. The van der Waals surface area contributed by atoms with Gasteiger partial charge in [0.15, 0.2) is 5.96 Å². The molecular formula is C25H30F4N4O5. The Morgan fingerprint density at radius 1 is 1.03 bits per heavy atom. The number of benzene rings is 2. The molecule has 0 unspecified atom stereocenters. The van der Waals surface area contributed by atoms with Crippen LogP contribution in [-0.4, -0.2) is 85.1 Å². The van der Waals surface area contributed by atoms with Gasteiger partial charge in [0.1, 0.15) is 5.82 Å². The molecule has 1 aliphatic heterocycles. The Morgan fingerprint density at radius 2 is 1.63 bits per heavy atom. The van der Waals surface area contributed by atoms with Crippen molar-refractivity contribution < 1.29 is 42.1 Å². The number of carboxylic acid groups (broad SMARTS) is 2. The minimum atomic E-state index is -5.08. The third-order valence-corrected chi connectivity index (χ3v) is 5.32. The number of ether oxygens (including phenoxy) is 1. The molecule has 0 atom stereocenters. The molecule has 0 aromatic heterocycles. The van der Waals surface area contributed by atoms with Crippen LogP contribution in [0, 0.1) is 5.82 Å². The molecule has 38 heavy (non-hydrogen) atoms. The van der Waals surface area contributed by atoms with Gasteiger partial charge in [0.25, 0.3) is 0 Å². The van der Waals surface area contributed by atoms with Crippen molar-refractivity contribution in [3.63, 3.8) is 0 Å². The number of piperazine rings is 1. The van der Waals surface area contributed by atoms with Crippen molar-refractivity contribution in [2.75, 3.05) is 56.2 Å². The van der Waals surface area contributed by atoms with Crippen molar-refractivity contribution in [1.29, 1.82) is 0 Å². The minimum Gasteiger partial charge on any atom is -0.478 e. The van der Waals surface area contributed by atoms with E-state index in [2.05, 4.69) is 10.2 Å². The van der Waals surface area contributed by atoms with Gasteiger partial charge in [-0.05, 0) is 49.7 Å². The van der Waals surface area contributed by atoms with Crippen LogP contribution in [0.5, 0.6) is 0 Å². The summed E-state index contributed by atoms with van der Waals surface area (Å²) in [6.45, 7) is 6.66. The highest BCUT2D eigenvalue weighted by Gasteiger charge is 2.38. The van der Waals surface area contributed by atoms with Gasteiger partial charge in [0.2, 0.25) is 0 Å². The van der Waals surface area contributed by atoms with Crippen molar-refractivity contribution in [3.8, 4) is 0 Å². The highest BCUT2D eigenvalue weighted by molar-refractivity contribution is 5.95. The maximum Gasteiger partial charge on any atom is 0.490 e. The number of nitrogens with zero attached hydrogens (tertiary/aromatic N) is 3. The lowest BCUT2D eigenvalue weighted by Crippen LogP contribution is -2.51. The van der Waals surface area contributed by atoms with Crippen molar-refractivity contribution >= 4 is 29.3 Å². The fraction of sp³-hybridized carbons (Fsp3) is 0.400.